The number of hydrogen-bond acceptors (Lipinski definition) is 13. The first-order chi connectivity index (χ1) is 19.6. The molecule has 1 aliphatic carbocycles. The van der Waals surface area contributed by atoms with Crippen molar-refractivity contribution in [2.24, 2.45) is 5.16 Å². The molecule has 3 aliphatic rings. The summed E-state index contributed by atoms with van der Waals surface area (Å²) >= 11 is 2.40. The summed E-state index contributed by atoms with van der Waals surface area (Å²) in [5, 5.41) is 23.6. The first-order valence-corrected chi connectivity index (χ1v) is 14.6. The van der Waals surface area contributed by atoms with E-state index in [0.717, 1.165) is 41.9 Å². The second kappa shape index (κ2) is 13.4. The largest absolute Gasteiger partial charge is 1.00 e. The zero-order valence-corrected chi connectivity index (χ0v) is 26.7. The summed E-state index contributed by atoms with van der Waals surface area (Å²) in [5.74, 6) is -2.78. The molecule has 2 fully saturated rings. The molecular formula is C25H26N7NaO7S2. The minimum Gasteiger partial charge on any atom is -0.543 e. The van der Waals surface area contributed by atoms with Crippen LogP contribution in [0.1, 0.15) is 47.6 Å². The molecule has 3 N–H and O–H groups in total. The number of nitrogen functional groups attached to an aromatic ring is 1. The van der Waals surface area contributed by atoms with Crippen molar-refractivity contribution in [3.8, 4) is 0 Å². The molecule has 0 aromatic carbocycles. The van der Waals surface area contributed by atoms with Gasteiger partial charge in [-0.15, -0.1) is 23.1 Å². The number of carboxylic acid groups (broad SMARTS) is 1. The van der Waals surface area contributed by atoms with Crippen molar-refractivity contribution in [2.75, 3.05) is 25.6 Å². The monoisotopic (exact) mass is 623 g/mol. The zero-order valence-electron chi connectivity index (χ0n) is 23.1. The van der Waals surface area contributed by atoms with Gasteiger partial charge in [-0.3, -0.25) is 19.3 Å². The van der Waals surface area contributed by atoms with Crippen molar-refractivity contribution in [3.63, 3.8) is 0 Å². The summed E-state index contributed by atoms with van der Waals surface area (Å²) < 4.78 is 5.14. The number of nitrogens with zero attached hydrogens (tertiary/aromatic N) is 5. The summed E-state index contributed by atoms with van der Waals surface area (Å²) in [5.41, 5.74) is 5.93. The van der Waals surface area contributed by atoms with Crippen molar-refractivity contribution >= 4 is 63.7 Å². The number of aliphatic carboxylic acids is 1. The quantitative estimate of drug-likeness (QED) is 0.127. The van der Waals surface area contributed by atoms with Gasteiger partial charge in [0, 0.05) is 31.3 Å². The Morgan fingerprint density at radius 2 is 2.00 bits per heavy atom. The van der Waals surface area contributed by atoms with Gasteiger partial charge in [0.2, 0.25) is 0 Å². The molecule has 1 saturated heterocycles. The number of amides is 3. The second-order valence-corrected chi connectivity index (χ2v) is 11.7. The number of anilines is 1. The number of fused-ring (bicyclic) bond motifs is 1. The van der Waals surface area contributed by atoms with E-state index >= 15 is 0 Å². The topological polar surface area (TPSA) is 196 Å². The molecule has 216 valence electrons. The molecule has 2 aromatic heterocycles. The van der Waals surface area contributed by atoms with E-state index in [0.29, 0.717) is 5.57 Å². The third kappa shape index (κ3) is 6.57. The molecule has 1 saturated carbocycles. The van der Waals surface area contributed by atoms with Gasteiger partial charge in [0.1, 0.15) is 23.2 Å². The third-order valence-electron chi connectivity index (χ3n) is 6.66. The fourth-order valence-corrected chi connectivity index (χ4v) is 6.44. The normalized spacial score (nSPS) is 20.7. The molecule has 4 heterocycles. The fourth-order valence-electron chi connectivity index (χ4n) is 4.57. The van der Waals surface area contributed by atoms with Gasteiger partial charge in [0.05, 0.1) is 11.7 Å². The van der Waals surface area contributed by atoms with Crippen LogP contribution in [0.2, 0.25) is 0 Å². The smallest absolute Gasteiger partial charge is 0.543 e. The maximum atomic E-state index is 13.2. The van der Waals surface area contributed by atoms with Crippen LogP contribution in [0.25, 0.3) is 6.08 Å². The van der Waals surface area contributed by atoms with E-state index in [1.165, 1.54) is 34.9 Å². The van der Waals surface area contributed by atoms with Crippen LogP contribution in [0.3, 0.4) is 0 Å². The standard InChI is InChI=1S/C25H27N7O7S2.Na/c1-31(2)21(34)15-9-14(39-29-15)8-7-12-10-40-23-18(22(35)32(23)19(12)24(36)37)28-20(33)17(16-11-41-25(26)27-16)30-38-13-5-3-4-6-13;/h7-9,11,13,18,23H,3-6,10H2,1-2H3,(H2,26,27)(H,28,33)(H,36,37);/q;+1/p-1/b8-7-,30-17-;/t18-,23-;/m1./s1. The molecule has 17 heteroatoms. The zero-order chi connectivity index (χ0) is 29.3. The van der Waals surface area contributed by atoms with E-state index in [4.69, 9.17) is 15.1 Å². The molecule has 14 nitrogen and oxygen atoms in total. The van der Waals surface area contributed by atoms with Gasteiger partial charge in [-0.1, -0.05) is 16.4 Å². The number of aromatic nitrogens is 2. The number of hydrogen-bond donors (Lipinski definition) is 2. The minimum atomic E-state index is -1.54. The Morgan fingerprint density at radius 3 is 2.64 bits per heavy atom. The predicted molar refractivity (Wildman–Crippen MR) is 147 cm³/mol. The number of thioether (sulfide) groups is 1. The third-order valence-corrected chi connectivity index (χ3v) is 8.63. The maximum Gasteiger partial charge on any atom is 1.00 e. The molecule has 2 aromatic rings. The number of rotatable bonds is 9. The fraction of sp³-hybridized carbons (Fsp3) is 0.400. The number of nitrogens with two attached hydrogens (primary N) is 1. The van der Waals surface area contributed by atoms with E-state index < -0.39 is 29.2 Å². The Balaban J connectivity index is 0.00000405. The molecule has 2 atom stereocenters. The molecule has 0 unspecified atom stereocenters. The van der Waals surface area contributed by atoms with Crippen molar-refractivity contribution in [2.45, 2.75) is 43.2 Å². The van der Waals surface area contributed by atoms with E-state index in [9.17, 15) is 24.3 Å². The van der Waals surface area contributed by atoms with Crippen molar-refractivity contribution in [3.05, 3.63) is 45.9 Å². The van der Waals surface area contributed by atoms with Crippen LogP contribution in [-0.2, 0) is 19.2 Å². The van der Waals surface area contributed by atoms with Crippen LogP contribution in [0.4, 0.5) is 5.13 Å². The van der Waals surface area contributed by atoms with Crippen molar-refractivity contribution < 1.29 is 63.2 Å². The molecule has 0 bridgehead atoms. The Kier molecular flexibility index (Phi) is 10.1. The number of allylic oxidation sites excluding steroid dienone is 1. The van der Waals surface area contributed by atoms with Crippen molar-refractivity contribution in [1.29, 1.82) is 0 Å². The van der Waals surface area contributed by atoms with Gasteiger partial charge >= 0.3 is 29.6 Å². The Labute approximate surface area is 270 Å². The summed E-state index contributed by atoms with van der Waals surface area (Å²) in [6, 6.07) is 0.414. The second-order valence-electron chi connectivity index (χ2n) is 9.69. The van der Waals surface area contributed by atoms with E-state index in [2.05, 4.69) is 20.6 Å². The number of carbonyl (C=O) groups excluding carboxylic acids is 4. The van der Waals surface area contributed by atoms with E-state index in [-0.39, 0.29) is 81.0 Å². The number of oxime groups is 1. The van der Waals surface area contributed by atoms with Gasteiger partial charge in [0.25, 0.3) is 17.7 Å². The summed E-state index contributed by atoms with van der Waals surface area (Å²) in [7, 11) is 3.15. The van der Waals surface area contributed by atoms with Crippen molar-refractivity contribution in [1.82, 2.24) is 25.3 Å². The van der Waals surface area contributed by atoms with Crippen LogP contribution in [-0.4, -0.2) is 86.7 Å². The maximum absolute atomic E-state index is 13.2. The number of β-lactam (4-membered cyclic amide) rings is 1. The Hall–Kier alpha value is -3.18. The van der Waals surface area contributed by atoms with Crippen LogP contribution in [0.15, 0.2) is 38.5 Å². The Bertz CT molecular complexity index is 1480. The van der Waals surface area contributed by atoms with E-state index in [1.54, 1.807) is 19.5 Å². The molecule has 42 heavy (non-hydrogen) atoms. The molecule has 3 amide bonds. The molecule has 2 aliphatic heterocycles. The Morgan fingerprint density at radius 1 is 1.26 bits per heavy atom. The van der Waals surface area contributed by atoms with E-state index in [1.807, 2.05) is 0 Å². The molecule has 0 spiro atoms. The van der Waals surface area contributed by atoms with Gasteiger partial charge in [0.15, 0.2) is 22.3 Å². The molecular weight excluding hydrogens is 597 g/mol. The first kappa shape index (κ1) is 31.7. The SMILES string of the molecule is CN(C)C(=O)c1cc(/C=C\C2=C(C(=O)[O-])N3C(=O)[C@@H](NC(=O)/C(=N\OC4CCCC4)c4csc(N)n4)[C@H]3SC2)on1.[Na+]. The van der Waals surface area contributed by atoms with Gasteiger partial charge in [-0.25, -0.2) is 4.98 Å². The van der Waals surface area contributed by atoms with Gasteiger partial charge in [-0.2, -0.15) is 0 Å². The average Bonchev–Trinajstić information content (AvgIpc) is 3.72. The summed E-state index contributed by atoms with van der Waals surface area (Å²) in [6.07, 6.45) is 6.49. The summed E-state index contributed by atoms with van der Waals surface area (Å²) in [6.45, 7) is 0. The molecule has 5 rings (SSSR count). The first-order valence-electron chi connectivity index (χ1n) is 12.7. The number of carbonyl (C=O) groups is 4. The average molecular weight is 624 g/mol. The van der Waals surface area contributed by atoms with Crippen LogP contribution in [0, 0.1) is 0 Å². The van der Waals surface area contributed by atoms with Crippen LogP contribution < -0.4 is 45.7 Å². The van der Waals surface area contributed by atoms with Gasteiger partial charge < -0.3 is 35.2 Å². The summed E-state index contributed by atoms with van der Waals surface area (Å²) in [4.78, 5) is 62.6. The van der Waals surface area contributed by atoms with Crippen LogP contribution >= 0.6 is 23.1 Å². The van der Waals surface area contributed by atoms with Crippen LogP contribution in [0.5, 0.6) is 0 Å². The van der Waals surface area contributed by atoms with Gasteiger partial charge in [-0.05, 0) is 37.3 Å². The molecule has 0 radical (unpaired) electrons. The number of thiazole rings is 1. The minimum absolute atomic E-state index is 0. The predicted octanol–water partition coefficient (Wildman–Crippen LogP) is -2.80. The number of nitrogens with one attached hydrogen (secondary N) is 1. The number of carboxylic acids is 1.